The van der Waals surface area contributed by atoms with Crippen LogP contribution in [0.15, 0.2) is 36.4 Å². The van der Waals surface area contributed by atoms with Crippen molar-refractivity contribution in [1.82, 2.24) is 0 Å². The minimum atomic E-state index is -0.499. The van der Waals surface area contributed by atoms with E-state index in [0.29, 0.717) is 32.1 Å². The fourth-order valence-corrected chi connectivity index (χ4v) is 3.20. The first-order valence-corrected chi connectivity index (χ1v) is 9.39. The summed E-state index contributed by atoms with van der Waals surface area (Å²) in [5, 5.41) is 4.01. The largest absolute Gasteiger partial charge is 0.465 e. The minimum Gasteiger partial charge on any atom is -0.465 e. The molecule has 2 rings (SSSR count). The van der Waals surface area contributed by atoms with Gasteiger partial charge in [0.2, 0.25) is 5.91 Å². The molecule has 132 valence electrons. The zero-order valence-corrected chi connectivity index (χ0v) is 16.2. The molecule has 0 saturated carbocycles. The molecular formula is C17H14Cl3NO3S. The van der Waals surface area contributed by atoms with E-state index in [4.69, 9.17) is 34.8 Å². The molecule has 0 unspecified atom stereocenters. The van der Waals surface area contributed by atoms with Crippen molar-refractivity contribution in [3.8, 4) is 0 Å². The molecule has 2 aromatic rings. The third kappa shape index (κ3) is 5.82. The quantitative estimate of drug-likeness (QED) is 0.646. The number of esters is 1. The number of hydrogen-bond acceptors (Lipinski definition) is 4. The van der Waals surface area contributed by atoms with Crippen molar-refractivity contribution in [3.63, 3.8) is 0 Å². The molecule has 4 nitrogen and oxygen atoms in total. The number of nitrogens with one attached hydrogen (secondary N) is 1. The van der Waals surface area contributed by atoms with E-state index in [2.05, 4.69) is 10.1 Å². The van der Waals surface area contributed by atoms with Gasteiger partial charge in [0.1, 0.15) is 0 Å². The summed E-state index contributed by atoms with van der Waals surface area (Å²) in [6.07, 6.45) is 0. The molecule has 0 spiro atoms. The Kier molecular flexibility index (Phi) is 7.44. The first kappa shape index (κ1) is 19.9. The van der Waals surface area contributed by atoms with Gasteiger partial charge in [-0.3, -0.25) is 4.79 Å². The van der Waals surface area contributed by atoms with Crippen LogP contribution in [0.5, 0.6) is 0 Å². The van der Waals surface area contributed by atoms with Crippen LogP contribution in [0.2, 0.25) is 15.1 Å². The van der Waals surface area contributed by atoms with Crippen LogP contribution in [0.1, 0.15) is 15.9 Å². The Morgan fingerprint density at radius 3 is 2.44 bits per heavy atom. The lowest BCUT2D eigenvalue weighted by molar-refractivity contribution is -0.113. The van der Waals surface area contributed by atoms with E-state index in [-0.39, 0.29) is 11.7 Å². The molecule has 25 heavy (non-hydrogen) atoms. The van der Waals surface area contributed by atoms with Crippen LogP contribution in [0.3, 0.4) is 0 Å². The number of carbonyl (C=O) groups is 2. The van der Waals surface area contributed by atoms with Crippen molar-refractivity contribution in [3.05, 3.63) is 62.6 Å². The topological polar surface area (TPSA) is 55.4 Å². The molecule has 1 N–H and O–H groups in total. The van der Waals surface area contributed by atoms with E-state index in [0.717, 1.165) is 5.56 Å². The van der Waals surface area contributed by atoms with Gasteiger partial charge in [-0.15, -0.1) is 11.8 Å². The van der Waals surface area contributed by atoms with Gasteiger partial charge < -0.3 is 10.1 Å². The fourth-order valence-electron chi connectivity index (χ4n) is 1.94. The molecular weight excluding hydrogens is 405 g/mol. The van der Waals surface area contributed by atoms with Gasteiger partial charge in [-0.25, -0.2) is 4.79 Å². The number of ether oxygens (including phenoxy) is 1. The third-order valence-electron chi connectivity index (χ3n) is 3.15. The zero-order valence-electron chi connectivity index (χ0n) is 13.1. The summed E-state index contributed by atoms with van der Waals surface area (Å²) in [7, 11) is 1.29. The number of carbonyl (C=O) groups excluding carboxylic acids is 2. The highest BCUT2D eigenvalue weighted by Gasteiger charge is 2.11. The molecule has 0 radical (unpaired) electrons. The number of anilines is 1. The molecule has 0 fully saturated rings. The van der Waals surface area contributed by atoms with Gasteiger partial charge in [0, 0.05) is 5.75 Å². The summed E-state index contributed by atoms with van der Waals surface area (Å²) in [6, 6.07) is 9.89. The lowest BCUT2D eigenvalue weighted by Gasteiger charge is -2.09. The number of methoxy groups -OCH3 is 1. The highest BCUT2D eigenvalue weighted by atomic mass is 35.5. The van der Waals surface area contributed by atoms with Crippen molar-refractivity contribution in [2.45, 2.75) is 5.75 Å². The highest BCUT2D eigenvalue weighted by molar-refractivity contribution is 7.99. The molecule has 0 saturated heterocycles. The Bertz CT molecular complexity index is 799. The number of rotatable bonds is 6. The Labute approximate surface area is 164 Å². The smallest absolute Gasteiger partial charge is 0.337 e. The van der Waals surface area contributed by atoms with Crippen molar-refractivity contribution in [1.29, 1.82) is 0 Å². The van der Waals surface area contributed by atoms with Gasteiger partial charge >= 0.3 is 5.97 Å². The molecule has 0 aliphatic carbocycles. The molecule has 2 aromatic carbocycles. The van der Waals surface area contributed by atoms with E-state index in [1.165, 1.54) is 37.1 Å². The maximum Gasteiger partial charge on any atom is 0.337 e. The molecule has 0 aliphatic heterocycles. The van der Waals surface area contributed by atoms with E-state index < -0.39 is 5.97 Å². The zero-order chi connectivity index (χ0) is 18.4. The first-order valence-electron chi connectivity index (χ1n) is 7.10. The van der Waals surface area contributed by atoms with Crippen molar-refractivity contribution >= 4 is 64.1 Å². The number of amides is 1. The summed E-state index contributed by atoms with van der Waals surface area (Å²) in [5.74, 6) is 0.106. The molecule has 0 bridgehead atoms. The molecule has 0 aliphatic rings. The van der Waals surface area contributed by atoms with Crippen LogP contribution < -0.4 is 5.32 Å². The number of thioether (sulfide) groups is 1. The average Bonchev–Trinajstić information content (AvgIpc) is 2.59. The van der Waals surface area contributed by atoms with Gasteiger partial charge in [0.05, 0.1) is 39.2 Å². The summed E-state index contributed by atoms with van der Waals surface area (Å²) >= 11 is 19.3. The second kappa shape index (κ2) is 9.34. The highest BCUT2D eigenvalue weighted by Crippen LogP contribution is 2.26. The monoisotopic (exact) mass is 417 g/mol. The summed E-state index contributed by atoms with van der Waals surface area (Å²) in [4.78, 5) is 23.6. The second-order valence-corrected chi connectivity index (χ2v) is 7.18. The predicted molar refractivity (Wildman–Crippen MR) is 104 cm³/mol. The molecule has 1 amide bonds. The fraction of sp³-hybridized carbons (Fsp3) is 0.176. The third-order valence-corrected chi connectivity index (χ3v) is 5.22. The van der Waals surface area contributed by atoms with Crippen LogP contribution in [0, 0.1) is 0 Å². The normalized spacial score (nSPS) is 10.4. The van der Waals surface area contributed by atoms with Crippen LogP contribution >= 0.6 is 46.6 Å². The van der Waals surface area contributed by atoms with Gasteiger partial charge in [-0.1, -0.05) is 40.9 Å². The van der Waals surface area contributed by atoms with Gasteiger partial charge in [0.15, 0.2) is 0 Å². The van der Waals surface area contributed by atoms with E-state index in [1.54, 1.807) is 12.1 Å². The second-order valence-electron chi connectivity index (χ2n) is 4.98. The lowest BCUT2D eigenvalue weighted by Crippen LogP contribution is -2.15. The van der Waals surface area contributed by atoms with Crippen molar-refractivity contribution in [2.24, 2.45) is 0 Å². The Hall–Kier alpha value is -1.40. The van der Waals surface area contributed by atoms with Gasteiger partial charge in [0.25, 0.3) is 0 Å². The van der Waals surface area contributed by atoms with Crippen LogP contribution in [0.4, 0.5) is 5.69 Å². The summed E-state index contributed by atoms with van der Waals surface area (Å²) in [5.41, 5.74) is 1.65. The van der Waals surface area contributed by atoms with Crippen LogP contribution in [-0.4, -0.2) is 24.7 Å². The maximum atomic E-state index is 12.1. The minimum absolute atomic E-state index is 0.221. The molecule has 0 aromatic heterocycles. The van der Waals surface area contributed by atoms with Crippen molar-refractivity contribution in [2.75, 3.05) is 18.2 Å². The van der Waals surface area contributed by atoms with Crippen molar-refractivity contribution < 1.29 is 14.3 Å². The van der Waals surface area contributed by atoms with Gasteiger partial charge in [-0.2, -0.15) is 0 Å². The van der Waals surface area contributed by atoms with E-state index in [9.17, 15) is 9.59 Å². The molecule has 0 heterocycles. The van der Waals surface area contributed by atoms with Gasteiger partial charge in [-0.05, 0) is 35.9 Å². The summed E-state index contributed by atoms with van der Waals surface area (Å²) in [6.45, 7) is 0. The van der Waals surface area contributed by atoms with Crippen LogP contribution in [0.25, 0.3) is 0 Å². The Morgan fingerprint density at radius 1 is 1.04 bits per heavy atom. The predicted octanol–water partition coefficient (Wildman–Crippen LogP) is 5.31. The van der Waals surface area contributed by atoms with E-state index >= 15 is 0 Å². The Balaban J connectivity index is 1.91. The molecule has 0 atom stereocenters. The SMILES string of the molecule is COC(=O)c1ccc(Cl)c(NC(=O)CSCc2ccc(Cl)c(Cl)c2)c1. The Morgan fingerprint density at radius 2 is 1.76 bits per heavy atom. The molecule has 8 heteroatoms. The summed E-state index contributed by atoms with van der Waals surface area (Å²) < 4.78 is 4.65. The number of halogens is 3. The van der Waals surface area contributed by atoms with Crippen LogP contribution in [-0.2, 0) is 15.3 Å². The number of hydrogen-bond donors (Lipinski definition) is 1. The first-order chi connectivity index (χ1) is 11.9. The lowest BCUT2D eigenvalue weighted by atomic mass is 10.2. The average molecular weight is 419 g/mol. The number of benzene rings is 2. The standard InChI is InChI=1S/C17H14Cl3NO3S/c1-24-17(23)11-3-5-13(19)15(7-11)21-16(22)9-25-8-10-2-4-12(18)14(20)6-10/h2-7H,8-9H2,1H3,(H,21,22). The maximum absolute atomic E-state index is 12.1. The van der Waals surface area contributed by atoms with E-state index in [1.807, 2.05) is 6.07 Å².